The first-order valence-electron chi connectivity index (χ1n) is 2.37. The average molecular weight is 160 g/mol. The summed E-state index contributed by atoms with van der Waals surface area (Å²) < 4.78 is 4.87. The molecule has 2 N–H and O–H groups in total. The van der Waals surface area contributed by atoms with Gasteiger partial charge < -0.3 is 10.2 Å². The topological polar surface area (TPSA) is 59.0 Å². The van der Waals surface area contributed by atoms with Gasteiger partial charge in [0, 0.05) is 0 Å². The summed E-state index contributed by atoms with van der Waals surface area (Å²) >= 11 is 4.45. The molecule has 0 aliphatic heterocycles. The van der Waals surface area contributed by atoms with Crippen molar-refractivity contribution in [3.63, 3.8) is 0 Å². The highest BCUT2D eigenvalue weighted by Crippen LogP contribution is 2.00. The number of thiocarbonyl (C=S) groups is 1. The largest absolute Gasteiger partial charge is 0.511 e. The van der Waals surface area contributed by atoms with Crippen molar-refractivity contribution in [1.82, 2.24) is 0 Å². The van der Waals surface area contributed by atoms with Crippen molar-refractivity contribution in [2.75, 3.05) is 0 Å². The van der Waals surface area contributed by atoms with Crippen molar-refractivity contribution in [3.8, 4) is 5.69 Å². The van der Waals surface area contributed by atoms with E-state index in [9.17, 15) is 0 Å². The molecule has 5 heteroatoms. The smallest absolute Gasteiger partial charge is 0.357 e. The Morgan fingerprint density at radius 2 is 2.22 bits per heavy atom. The first-order chi connectivity index (χ1) is 3.98. The van der Waals surface area contributed by atoms with Crippen LogP contribution in [0.3, 0.4) is 0 Å². The number of nitrogens with zero attached hydrogens (tertiary/aromatic N) is 1. The first kappa shape index (κ1) is 8.40. The van der Waals surface area contributed by atoms with E-state index in [1.165, 1.54) is 0 Å². The number of nitriles is 1. The second-order valence-electron chi connectivity index (χ2n) is 2.04. The van der Waals surface area contributed by atoms with E-state index in [-0.39, 0.29) is 5.17 Å². The van der Waals surface area contributed by atoms with Crippen LogP contribution in [-0.2, 0) is 4.43 Å². The van der Waals surface area contributed by atoms with Gasteiger partial charge in [-0.15, -0.1) is 0 Å². The summed E-state index contributed by atoms with van der Waals surface area (Å²) in [5.74, 6) is 0. The van der Waals surface area contributed by atoms with Crippen LogP contribution in [0.2, 0.25) is 13.1 Å². The molecular formula is C4H8N2OSSi. The molecule has 0 radical (unpaired) electrons. The highest BCUT2D eigenvalue weighted by atomic mass is 32.1. The molecule has 9 heavy (non-hydrogen) atoms. The van der Waals surface area contributed by atoms with Gasteiger partial charge in [-0.25, -0.2) is 5.26 Å². The fraction of sp³-hybridized carbons (Fsp3) is 0.500. The molecule has 0 aromatic carbocycles. The normalized spacial score (nSPS) is 9.89. The summed E-state index contributed by atoms with van der Waals surface area (Å²) in [5.41, 5.74) is 7.07. The van der Waals surface area contributed by atoms with Gasteiger partial charge in [0.1, 0.15) is 0 Å². The lowest BCUT2D eigenvalue weighted by Crippen LogP contribution is -2.34. The highest BCUT2D eigenvalue weighted by molar-refractivity contribution is 7.80. The minimum atomic E-state index is -2.20. The summed E-state index contributed by atoms with van der Waals surface area (Å²) in [6.07, 6.45) is 0. The molecule has 50 valence electrons. The van der Waals surface area contributed by atoms with Crippen LogP contribution >= 0.6 is 12.2 Å². The quantitative estimate of drug-likeness (QED) is 0.448. The molecule has 0 aromatic heterocycles. The van der Waals surface area contributed by atoms with Crippen molar-refractivity contribution in [1.29, 1.82) is 5.26 Å². The van der Waals surface area contributed by atoms with Crippen molar-refractivity contribution in [2.45, 2.75) is 13.1 Å². The Morgan fingerprint density at radius 3 is 2.33 bits per heavy atom. The molecule has 0 saturated carbocycles. The zero-order valence-electron chi connectivity index (χ0n) is 5.34. The van der Waals surface area contributed by atoms with Gasteiger partial charge in [-0.3, -0.25) is 0 Å². The third-order valence-electron chi connectivity index (χ3n) is 0.625. The van der Waals surface area contributed by atoms with Crippen LogP contribution in [0.1, 0.15) is 0 Å². The lowest BCUT2D eigenvalue weighted by molar-refractivity contribution is 0.566. The van der Waals surface area contributed by atoms with Gasteiger partial charge in [0.05, 0.1) is 5.69 Å². The van der Waals surface area contributed by atoms with Crippen LogP contribution in [0.15, 0.2) is 0 Å². The van der Waals surface area contributed by atoms with Gasteiger partial charge >= 0.3 is 8.32 Å². The maximum absolute atomic E-state index is 8.41. The van der Waals surface area contributed by atoms with Gasteiger partial charge in [0.25, 0.3) is 0 Å². The van der Waals surface area contributed by atoms with Gasteiger partial charge in [-0.05, 0) is 25.3 Å². The van der Waals surface area contributed by atoms with Crippen molar-refractivity contribution < 1.29 is 4.43 Å². The second kappa shape index (κ2) is 2.80. The molecule has 0 heterocycles. The number of rotatable bonds is 1. The van der Waals surface area contributed by atoms with E-state index in [4.69, 9.17) is 15.4 Å². The Bertz CT molecular complexity index is 162. The maximum Gasteiger partial charge on any atom is 0.357 e. The summed E-state index contributed by atoms with van der Waals surface area (Å²) in [5, 5.41) is 8.38. The third-order valence-corrected chi connectivity index (χ3v) is 2.12. The van der Waals surface area contributed by atoms with E-state index in [2.05, 4.69) is 12.2 Å². The number of hydrogen-bond donors (Lipinski definition) is 1. The van der Waals surface area contributed by atoms with Crippen LogP contribution in [-0.4, -0.2) is 13.5 Å². The van der Waals surface area contributed by atoms with E-state index >= 15 is 0 Å². The minimum Gasteiger partial charge on any atom is -0.511 e. The van der Waals surface area contributed by atoms with E-state index in [1.54, 1.807) is 13.1 Å². The fourth-order valence-corrected chi connectivity index (χ4v) is 1.45. The van der Waals surface area contributed by atoms with Crippen LogP contribution in [0.5, 0.6) is 0 Å². The van der Waals surface area contributed by atoms with Crippen LogP contribution < -0.4 is 5.73 Å². The molecule has 0 unspecified atom stereocenters. The summed E-state index contributed by atoms with van der Waals surface area (Å²) in [6, 6.07) is 0. The lowest BCUT2D eigenvalue weighted by atomic mass is 11.4. The van der Waals surface area contributed by atoms with Gasteiger partial charge in [0.15, 0.2) is 0 Å². The van der Waals surface area contributed by atoms with Crippen molar-refractivity contribution >= 4 is 25.7 Å². The molecule has 0 rings (SSSR count). The molecule has 0 aliphatic carbocycles. The molecular weight excluding hydrogens is 152 g/mol. The Hall–Kier alpha value is -0.603. The molecule has 0 fully saturated rings. The Balaban J connectivity index is 3.91. The Kier molecular flexibility index (Phi) is 2.61. The van der Waals surface area contributed by atoms with Crippen molar-refractivity contribution in [3.05, 3.63) is 0 Å². The van der Waals surface area contributed by atoms with Gasteiger partial charge in [-0.1, -0.05) is 0 Å². The molecule has 0 spiro atoms. The lowest BCUT2D eigenvalue weighted by Gasteiger charge is -2.12. The predicted molar refractivity (Wildman–Crippen MR) is 41.0 cm³/mol. The second-order valence-corrected chi connectivity index (χ2v) is 5.89. The molecule has 0 atom stereocenters. The SMILES string of the molecule is C[Si](C)(C#N)OC(N)=S. The maximum atomic E-state index is 8.41. The molecule has 0 saturated heterocycles. The molecule has 0 aromatic rings. The van der Waals surface area contributed by atoms with E-state index in [1.807, 2.05) is 5.69 Å². The Labute approximate surface area is 60.5 Å². The average Bonchev–Trinajstić information content (AvgIpc) is 1.63. The van der Waals surface area contributed by atoms with Gasteiger partial charge in [0.2, 0.25) is 5.17 Å². The third kappa shape index (κ3) is 3.94. The molecule has 0 amide bonds. The summed E-state index contributed by atoms with van der Waals surface area (Å²) in [6.45, 7) is 3.46. The number of nitrogens with two attached hydrogens (primary N) is 1. The van der Waals surface area contributed by atoms with E-state index < -0.39 is 8.32 Å². The molecule has 0 bridgehead atoms. The minimum absolute atomic E-state index is 0.0341. The molecule has 0 aliphatic rings. The van der Waals surface area contributed by atoms with E-state index in [0.29, 0.717) is 0 Å². The highest BCUT2D eigenvalue weighted by Gasteiger charge is 2.24. The standard InChI is InChI=1S/C4H8N2OSSi/c1-9(2,3-5)7-4(6)8/h1-2H3,(H2,6,8). The van der Waals surface area contributed by atoms with Gasteiger partial charge in [-0.2, -0.15) is 0 Å². The summed E-state index contributed by atoms with van der Waals surface area (Å²) in [4.78, 5) is 0. The van der Waals surface area contributed by atoms with Crippen LogP contribution in [0.25, 0.3) is 0 Å². The van der Waals surface area contributed by atoms with Crippen LogP contribution in [0, 0.1) is 11.0 Å². The Morgan fingerprint density at radius 1 is 1.78 bits per heavy atom. The fourth-order valence-electron chi connectivity index (χ4n) is 0.274. The van der Waals surface area contributed by atoms with Crippen molar-refractivity contribution in [2.24, 2.45) is 5.73 Å². The zero-order valence-corrected chi connectivity index (χ0v) is 7.16. The zero-order chi connectivity index (χ0) is 7.49. The number of hydrogen-bond acceptors (Lipinski definition) is 3. The first-order valence-corrected chi connectivity index (χ1v) is 5.69. The van der Waals surface area contributed by atoms with E-state index in [0.717, 1.165) is 0 Å². The summed E-state index contributed by atoms with van der Waals surface area (Å²) in [7, 11) is -2.20. The monoisotopic (exact) mass is 160 g/mol. The predicted octanol–water partition coefficient (Wildman–Crippen LogP) is 0.514. The molecule has 3 nitrogen and oxygen atoms in total. The van der Waals surface area contributed by atoms with Crippen LogP contribution in [0.4, 0.5) is 0 Å².